The molecule has 0 radical (unpaired) electrons. The summed E-state index contributed by atoms with van der Waals surface area (Å²) in [6.45, 7) is 4.48. The van der Waals surface area contributed by atoms with Gasteiger partial charge < -0.3 is 15.8 Å². The first kappa shape index (κ1) is 14.9. The molecule has 6 heteroatoms. The number of carbonyl (C=O) groups is 1. The second kappa shape index (κ2) is 6.30. The van der Waals surface area contributed by atoms with Crippen molar-refractivity contribution in [3.05, 3.63) is 35.7 Å². The second-order valence-corrected chi connectivity index (χ2v) is 4.60. The van der Waals surface area contributed by atoms with Crippen LogP contribution in [0.3, 0.4) is 0 Å². The van der Waals surface area contributed by atoms with Crippen molar-refractivity contribution in [3.63, 3.8) is 0 Å². The Morgan fingerprint density at radius 1 is 1.33 bits per heavy atom. The summed E-state index contributed by atoms with van der Waals surface area (Å²) in [5, 5.41) is 7.05. The van der Waals surface area contributed by atoms with E-state index in [1.165, 1.54) is 4.68 Å². The van der Waals surface area contributed by atoms with E-state index in [2.05, 4.69) is 10.4 Å². The second-order valence-electron chi connectivity index (χ2n) is 4.60. The van der Waals surface area contributed by atoms with Gasteiger partial charge in [0.1, 0.15) is 11.4 Å². The van der Waals surface area contributed by atoms with Gasteiger partial charge in [-0.3, -0.25) is 9.48 Å². The Bertz CT molecular complexity index is 632. The van der Waals surface area contributed by atoms with Crippen LogP contribution in [0.5, 0.6) is 5.75 Å². The standard InChI is InChI=1S/C15H20N4O2/c1-4-12-13(16)14(19(3)18-12)15(20)17-10-6-8-11(9-7-10)21-5-2/h6-9H,4-5,16H2,1-3H3,(H,17,20). The van der Waals surface area contributed by atoms with Crippen LogP contribution in [0.1, 0.15) is 30.0 Å². The quantitative estimate of drug-likeness (QED) is 0.883. The maximum atomic E-state index is 12.3. The minimum absolute atomic E-state index is 0.272. The number of nitrogens with one attached hydrogen (secondary N) is 1. The zero-order chi connectivity index (χ0) is 15.4. The van der Waals surface area contributed by atoms with E-state index in [4.69, 9.17) is 10.5 Å². The molecule has 0 aliphatic heterocycles. The summed E-state index contributed by atoms with van der Waals surface area (Å²) in [6.07, 6.45) is 0.690. The van der Waals surface area contributed by atoms with Crippen molar-refractivity contribution < 1.29 is 9.53 Å². The third-order valence-corrected chi connectivity index (χ3v) is 3.13. The predicted octanol–water partition coefficient (Wildman–Crippen LogP) is 2.22. The Balaban J connectivity index is 2.16. The Labute approximate surface area is 123 Å². The molecule has 112 valence electrons. The molecule has 21 heavy (non-hydrogen) atoms. The first-order valence-electron chi connectivity index (χ1n) is 6.92. The number of aryl methyl sites for hydroxylation is 2. The topological polar surface area (TPSA) is 82.2 Å². The molecule has 6 nitrogen and oxygen atoms in total. The fraction of sp³-hybridized carbons (Fsp3) is 0.333. The molecule has 3 N–H and O–H groups in total. The van der Waals surface area contributed by atoms with Crippen molar-refractivity contribution in [2.45, 2.75) is 20.3 Å². The molecule has 0 aliphatic carbocycles. The SMILES string of the molecule is CCOc1ccc(NC(=O)c2c(N)c(CC)nn2C)cc1. The lowest BCUT2D eigenvalue weighted by molar-refractivity contribution is 0.101. The Morgan fingerprint density at radius 2 is 2.00 bits per heavy atom. The van der Waals surface area contributed by atoms with E-state index in [-0.39, 0.29) is 5.91 Å². The van der Waals surface area contributed by atoms with Crippen molar-refractivity contribution in [1.29, 1.82) is 0 Å². The third-order valence-electron chi connectivity index (χ3n) is 3.13. The number of nitrogen functional groups attached to an aromatic ring is 1. The van der Waals surface area contributed by atoms with Crippen LogP contribution in [-0.2, 0) is 13.5 Å². The average molecular weight is 288 g/mol. The van der Waals surface area contributed by atoms with Crippen molar-refractivity contribution in [2.75, 3.05) is 17.7 Å². The molecule has 0 fully saturated rings. The normalized spacial score (nSPS) is 10.4. The predicted molar refractivity (Wildman–Crippen MR) is 82.6 cm³/mol. The summed E-state index contributed by atoms with van der Waals surface area (Å²) in [5.41, 5.74) is 8.19. The van der Waals surface area contributed by atoms with Gasteiger partial charge >= 0.3 is 0 Å². The number of rotatable bonds is 5. The Morgan fingerprint density at radius 3 is 2.52 bits per heavy atom. The van der Waals surface area contributed by atoms with Gasteiger partial charge in [0.2, 0.25) is 0 Å². The van der Waals surface area contributed by atoms with E-state index in [1.807, 2.05) is 26.0 Å². The number of amides is 1. The molecule has 1 aromatic heterocycles. The van der Waals surface area contributed by atoms with E-state index in [0.29, 0.717) is 30.1 Å². The van der Waals surface area contributed by atoms with Crippen LogP contribution in [0.25, 0.3) is 0 Å². The molecule has 2 aromatic rings. The lowest BCUT2D eigenvalue weighted by Crippen LogP contribution is -2.17. The minimum atomic E-state index is -0.272. The fourth-order valence-electron chi connectivity index (χ4n) is 2.12. The van der Waals surface area contributed by atoms with Crippen LogP contribution in [0.4, 0.5) is 11.4 Å². The highest BCUT2D eigenvalue weighted by Gasteiger charge is 2.19. The summed E-state index contributed by atoms with van der Waals surface area (Å²) in [5.74, 6) is 0.496. The number of nitrogens with two attached hydrogens (primary N) is 1. The zero-order valence-electron chi connectivity index (χ0n) is 12.5. The van der Waals surface area contributed by atoms with Gasteiger partial charge in [0.15, 0.2) is 0 Å². The molecule has 0 spiro atoms. The van der Waals surface area contributed by atoms with Crippen LogP contribution in [0.2, 0.25) is 0 Å². The van der Waals surface area contributed by atoms with Gasteiger partial charge in [0.05, 0.1) is 18.0 Å². The van der Waals surface area contributed by atoms with Crippen molar-refractivity contribution in [1.82, 2.24) is 9.78 Å². The van der Waals surface area contributed by atoms with Gasteiger partial charge in [-0.15, -0.1) is 0 Å². The molecular formula is C15H20N4O2. The highest BCUT2D eigenvalue weighted by Crippen LogP contribution is 2.20. The van der Waals surface area contributed by atoms with Gasteiger partial charge in [-0.2, -0.15) is 5.10 Å². The van der Waals surface area contributed by atoms with Crippen LogP contribution < -0.4 is 15.8 Å². The number of anilines is 2. The van der Waals surface area contributed by atoms with Gasteiger partial charge in [0.25, 0.3) is 5.91 Å². The van der Waals surface area contributed by atoms with Crippen LogP contribution in [0, 0.1) is 0 Å². The molecule has 0 saturated carbocycles. The van der Waals surface area contributed by atoms with Gasteiger partial charge in [-0.05, 0) is 37.6 Å². The Kier molecular flexibility index (Phi) is 4.47. The van der Waals surface area contributed by atoms with Crippen molar-refractivity contribution in [2.24, 2.45) is 7.05 Å². The van der Waals surface area contributed by atoms with Crippen LogP contribution in [0.15, 0.2) is 24.3 Å². The summed E-state index contributed by atoms with van der Waals surface area (Å²) < 4.78 is 6.87. The van der Waals surface area contributed by atoms with E-state index >= 15 is 0 Å². The lowest BCUT2D eigenvalue weighted by Gasteiger charge is -2.08. The third kappa shape index (κ3) is 3.16. The number of carbonyl (C=O) groups excluding carboxylic acids is 1. The number of hydrogen-bond acceptors (Lipinski definition) is 4. The lowest BCUT2D eigenvalue weighted by atomic mass is 10.2. The van der Waals surface area contributed by atoms with Crippen LogP contribution >= 0.6 is 0 Å². The maximum absolute atomic E-state index is 12.3. The van der Waals surface area contributed by atoms with E-state index in [1.54, 1.807) is 19.2 Å². The van der Waals surface area contributed by atoms with Crippen molar-refractivity contribution >= 4 is 17.3 Å². The summed E-state index contributed by atoms with van der Waals surface area (Å²) in [4.78, 5) is 12.3. The molecule has 0 saturated heterocycles. The molecule has 0 unspecified atom stereocenters. The van der Waals surface area contributed by atoms with E-state index < -0.39 is 0 Å². The molecule has 1 heterocycles. The fourth-order valence-corrected chi connectivity index (χ4v) is 2.12. The number of nitrogens with zero attached hydrogens (tertiary/aromatic N) is 2. The number of benzene rings is 1. The molecule has 1 aromatic carbocycles. The average Bonchev–Trinajstić information content (AvgIpc) is 2.75. The monoisotopic (exact) mass is 288 g/mol. The van der Waals surface area contributed by atoms with Gasteiger partial charge in [-0.1, -0.05) is 6.92 Å². The first-order valence-corrected chi connectivity index (χ1v) is 6.92. The highest BCUT2D eigenvalue weighted by molar-refractivity contribution is 6.06. The molecular weight excluding hydrogens is 268 g/mol. The number of ether oxygens (including phenoxy) is 1. The summed E-state index contributed by atoms with van der Waals surface area (Å²) in [7, 11) is 1.71. The van der Waals surface area contributed by atoms with Crippen LogP contribution in [-0.4, -0.2) is 22.3 Å². The van der Waals surface area contributed by atoms with Gasteiger partial charge in [0, 0.05) is 12.7 Å². The molecule has 1 amide bonds. The maximum Gasteiger partial charge on any atom is 0.276 e. The Hall–Kier alpha value is -2.50. The largest absolute Gasteiger partial charge is 0.494 e. The molecule has 0 atom stereocenters. The zero-order valence-corrected chi connectivity index (χ0v) is 12.5. The molecule has 0 bridgehead atoms. The number of hydrogen-bond donors (Lipinski definition) is 2. The number of aromatic nitrogens is 2. The van der Waals surface area contributed by atoms with Crippen molar-refractivity contribution in [3.8, 4) is 5.75 Å². The molecule has 0 aliphatic rings. The minimum Gasteiger partial charge on any atom is -0.494 e. The highest BCUT2D eigenvalue weighted by atomic mass is 16.5. The molecule has 2 rings (SSSR count). The van der Waals surface area contributed by atoms with E-state index in [0.717, 1.165) is 11.4 Å². The smallest absolute Gasteiger partial charge is 0.276 e. The van der Waals surface area contributed by atoms with E-state index in [9.17, 15) is 4.79 Å². The summed E-state index contributed by atoms with van der Waals surface area (Å²) in [6, 6.07) is 7.19. The van der Waals surface area contributed by atoms with Gasteiger partial charge in [-0.25, -0.2) is 0 Å². The summed E-state index contributed by atoms with van der Waals surface area (Å²) >= 11 is 0. The first-order chi connectivity index (χ1) is 10.1.